The average molecular weight is 207 g/mol. The lowest BCUT2D eigenvalue weighted by Crippen LogP contribution is -2.26. The van der Waals surface area contributed by atoms with E-state index in [2.05, 4.69) is 11.2 Å². The van der Waals surface area contributed by atoms with Gasteiger partial charge < -0.3 is 9.52 Å². The van der Waals surface area contributed by atoms with Gasteiger partial charge >= 0.3 is 5.97 Å². The number of hydrogen-bond acceptors (Lipinski definition) is 3. The molecule has 1 unspecified atom stereocenters. The van der Waals surface area contributed by atoms with E-state index in [4.69, 9.17) is 15.9 Å². The first-order chi connectivity index (χ1) is 7.19. The minimum atomic E-state index is -0.991. The van der Waals surface area contributed by atoms with Crippen LogP contribution in [0.25, 0.3) is 0 Å². The number of terminal acetylenes is 1. The Kier molecular flexibility index (Phi) is 3.95. The highest BCUT2D eigenvalue weighted by atomic mass is 16.4. The summed E-state index contributed by atoms with van der Waals surface area (Å²) < 4.78 is 5.05. The predicted octanol–water partition coefficient (Wildman–Crippen LogP) is 1.48. The zero-order chi connectivity index (χ0) is 11.3. The third-order valence-corrected chi connectivity index (χ3v) is 2.09. The number of aromatic carboxylic acids is 1. The summed E-state index contributed by atoms with van der Waals surface area (Å²) in [6.45, 7) is 2.29. The van der Waals surface area contributed by atoms with Gasteiger partial charge in [0.2, 0.25) is 0 Å². The SMILES string of the molecule is C#CC(CC)NCc1occc1C(=O)O. The van der Waals surface area contributed by atoms with Crippen molar-refractivity contribution >= 4 is 5.97 Å². The molecule has 4 nitrogen and oxygen atoms in total. The molecule has 4 heteroatoms. The quantitative estimate of drug-likeness (QED) is 0.718. The molecule has 0 saturated carbocycles. The van der Waals surface area contributed by atoms with Gasteiger partial charge in [0.1, 0.15) is 11.3 Å². The molecule has 1 heterocycles. The van der Waals surface area contributed by atoms with Crippen LogP contribution in [0.1, 0.15) is 29.5 Å². The lowest BCUT2D eigenvalue weighted by atomic mass is 10.2. The number of carbonyl (C=O) groups is 1. The molecule has 0 aliphatic heterocycles. The van der Waals surface area contributed by atoms with Crippen LogP contribution in [-0.2, 0) is 6.54 Å². The lowest BCUT2D eigenvalue weighted by Gasteiger charge is -2.08. The maximum Gasteiger partial charge on any atom is 0.339 e. The molecule has 0 spiro atoms. The van der Waals surface area contributed by atoms with Gasteiger partial charge in [-0.15, -0.1) is 6.42 Å². The Morgan fingerprint density at radius 1 is 1.80 bits per heavy atom. The van der Waals surface area contributed by atoms with Gasteiger partial charge in [-0.1, -0.05) is 12.8 Å². The van der Waals surface area contributed by atoms with Crippen molar-refractivity contribution in [3.8, 4) is 12.3 Å². The fourth-order valence-corrected chi connectivity index (χ4v) is 1.21. The molecule has 0 amide bonds. The second-order valence-electron chi connectivity index (χ2n) is 3.07. The molecule has 0 saturated heterocycles. The predicted molar refractivity (Wildman–Crippen MR) is 55.4 cm³/mol. The highest BCUT2D eigenvalue weighted by Gasteiger charge is 2.13. The maximum absolute atomic E-state index is 10.7. The largest absolute Gasteiger partial charge is 0.478 e. The van der Waals surface area contributed by atoms with Gasteiger partial charge in [-0.2, -0.15) is 0 Å². The Balaban J connectivity index is 2.62. The van der Waals surface area contributed by atoms with E-state index >= 15 is 0 Å². The van der Waals surface area contributed by atoms with E-state index in [0.29, 0.717) is 12.3 Å². The van der Waals surface area contributed by atoms with Crippen molar-refractivity contribution in [1.29, 1.82) is 0 Å². The van der Waals surface area contributed by atoms with Crippen molar-refractivity contribution in [1.82, 2.24) is 5.32 Å². The molecule has 0 aliphatic rings. The van der Waals surface area contributed by atoms with Crippen molar-refractivity contribution < 1.29 is 14.3 Å². The second-order valence-corrected chi connectivity index (χ2v) is 3.07. The number of carboxylic acid groups (broad SMARTS) is 1. The van der Waals surface area contributed by atoms with Gasteiger partial charge in [0.15, 0.2) is 0 Å². The monoisotopic (exact) mass is 207 g/mol. The summed E-state index contributed by atoms with van der Waals surface area (Å²) in [7, 11) is 0. The number of rotatable bonds is 5. The number of carboxylic acids is 1. The molecule has 1 rings (SSSR count). The molecule has 1 aromatic rings. The van der Waals surface area contributed by atoms with Crippen LogP contribution in [0.2, 0.25) is 0 Å². The minimum absolute atomic E-state index is 0.0586. The van der Waals surface area contributed by atoms with Crippen LogP contribution in [0.3, 0.4) is 0 Å². The van der Waals surface area contributed by atoms with Crippen molar-refractivity contribution in [2.45, 2.75) is 25.9 Å². The molecular weight excluding hydrogens is 194 g/mol. The standard InChI is InChI=1S/C11H13NO3/c1-3-8(4-2)12-7-10-9(11(13)14)5-6-15-10/h1,5-6,8,12H,4,7H2,2H3,(H,13,14). The summed E-state index contributed by atoms with van der Waals surface area (Å²) in [5.41, 5.74) is 0.175. The molecule has 0 bridgehead atoms. The van der Waals surface area contributed by atoms with Crippen molar-refractivity contribution in [2.24, 2.45) is 0 Å². The first kappa shape index (κ1) is 11.3. The van der Waals surface area contributed by atoms with E-state index in [1.54, 1.807) is 0 Å². The van der Waals surface area contributed by atoms with Gasteiger partial charge in [0, 0.05) is 0 Å². The topological polar surface area (TPSA) is 62.5 Å². The van der Waals surface area contributed by atoms with E-state index in [-0.39, 0.29) is 11.6 Å². The molecule has 80 valence electrons. The van der Waals surface area contributed by atoms with Crippen LogP contribution >= 0.6 is 0 Å². The Morgan fingerprint density at radius 3 is 3.07 bits per heavy atom. The summed E-state index contributed by atoms with van der Waals surface area (Å²) in [5, 5.41) is 11.8. The number of hydrogen-bond donors (Lipinski definition) is 2. The highest BCUT2D eigenvalue weighted by Crippen LogP contribution is 2.10. The summed E-state index contributed by atoms with van der Waals surface area (Å²) in [5.74, 6) is 1.97. The van der Waals surface area contributed by atoms with Crippen LogP contribution in [0.4, 0.5) is 0 Å². The van der Waals surface area contributed by atoms with Gasteiger partial charge in [-0.25, -0.2) is 4.79 Å². The summed E-state index contributed by atoms with van der Waals surface area (Å²) in [6, 6.07) is 1.37. The van der Waals surface area contributed by atoms with Crippen LogP contribution in [0, 0.1) is 12.3 Å². The zero-order valence-electron chi connectivity index (χ0n) is 8.49. The van der Waals surface area contributed by atoms with Crippen molar-refractivity contribution in [3.05, 3.63) is 23.7 Å². The molecule has 0 aliphatic carbocycles. The average Bonchev–Trinajstić information content (AvgIpc) is 2.67. The molecule has 0 aromatic carbocycles. The third kappa shape index (κ3) is 2.86. The summed E-state index contributed by atoms with van der Waals surface area (Å²) in [4.78, 5) is 10.7. The van der Waals surface area contributed by atoms with E-state index in [9.17, 15) is 4.79 Å². The van der Waals surface area contributed by atoms with Gasteiger partial charge in [-0.05, 0) is 12.5 Å². The minimum Gasteiger partial charge on any atom is -0.478 e. The van der Waals surface area contributed by atoms with Crippen molar-refractivity contribution in [2.75, 3.05) is 0 Å². The van der Waals surface area contributed by atoms with Crippen LogP contribution in [0.5, 0.6) is 0 Å². The molecule has 15 heavy (non-hydrogen) atoms. The van der Waals surface area contributed by atoms with Crippen LogP contribution in [-0.4, -0.2) is 17.1 Å². The van der Waals surface area contributed by atoms with Gasteiger partial charge in [0.05, 0.1) is 18.8 Å². The number of nitrogens with one attached hydrogen (secondary N) is 1. The lowest BCUT2D eigenvalue weighted by molar-refractivity contribution is 0.0694. The smallest absolute Gasteiger partial charge is 0.339 e. The van der Waals surface area contributed by atoms with Gasteiger partial charge in [0.25, 0.3) is 0 Å². The van der Waals surface area contributed by atoms with Crippen LogP contribution in [0.15, 0.2) is 16.7 Å². The van der Waals surface area contributed by atoms with E-state index in [0.717, 1.165) is 6.42 Å². The molecular formula is C11H13NO3. The Morgan fingerprint density at radius 2 is 2.53 bits per heavy atom. The number of furan rings is 1. The fourth-order valence-electron chi connectivity index (χ4n) is 1.21. The molecule has 0 fully saturated rings. The second kappa shape index (κ2) is 5.23. The van der Waals surface area contributed by atoms with E-state index < -0.39 is 5.97 Å². The maximum atomic E-state index is 10.7. The molecule has 1 aromatic heterocycles. The fraction of sp³-hybridized carbons (Fsp3) is 0.364. The van der Waals surface area contributed by atoms with E-state index in [1.165, 1.54) is 12.3 Å². The highest BCUT2D eigenvalue weighted by molar-refractivity contribution is 5.88. The molecule has 1 atom stereocenters. The normalized spacial score (nSPS) is 12.0. The third-order valence-electron chi connectivity index (χ3n) is 2.09. The van der Waals surface area contributed by atoms with Crippen LogP contribution < -0.4 is 5.32 Å². The first-order valence-corrected chi connectivity index (χ1v) is 4.68. The summed E-state index contributed by atoms with van der Waals surface area (Å²) >= 11 is 0. The van der Waals surface area contributed by atoms with E-state index in [1.807, 2.05) is 6.92 Å². The summed E-state index contributed by atoms with van der Waals surface area (Å²) in [6.07, 6.45) is 7.41. The Labute approximate surface area is 88.3 Å². The zero-order valence-corrected chi connectivity index (χ0v) is 8.49. The van der Waals surface area contributed by atoms with Crippen molar-refractivity contribution in [3.63, 3.8) is 0 Å². The Hall–Kier alpha value is -1.73. The first-order valence-electron chi connectivity index (χ1n) is 4.68. The molecule has 0 radical (unpaired) electrons. The molecule has 2 N–H and O–H groups in total. The Bertz CT molecular complexity index is 375. The van der Waals surface area contributed by atoms with Gasteiger partial charge in [-0.3, -0.25) is 5.32 Å².